The third kappa shape index (κ3) is 2.75. The molecule has 4 N–H and O–H groups in total. The molecule has 8 heteroatoms. The molecule has 0 radical (unpaired) electrons. The molecule has 1 amide bonds. The van der Waals surface area contributed by atoms with Crippen molar-refractivity contribution >= 4 is 17.4 Å². The van der Waals surface area contributed by atoms with Crippen molar-refractivity contribution in [1.82, 2.24) is 19.7 Å². The van der Waals surface area contributed by atoms with Gasteiger partial charge in [0.1, 0.15) is 11.6 Å². The minimum atomic E-state index is -0.370. The van der Waals surface area contributed by atoms with Crippen LogP contribution in [0.3, 0.4) is 0 Å². The van der Waals surface area contributed by atoms with Gasteiger partial charge < -0.3 is 10.7 Å². The topological polar surface area (TPSA) is 111 Å². The first-order chi connectivity index (χ1) is 9.52. The van der Waals surface area contributed by atoms with Gasteiger partial charge in [0.05, 0.1) is 18.1 Å². The number of hydrogen-bond acceptors (Lipinski definition) is 6. The van der Waals surface area contributed by atoms with Crippen LogP contribution in [0.2, 0.25) is 0 Å². The average Bonchev–Trinajstić information content (AvgIpc) is 2.83. The van der Waals surface area contributed by atoms with Gasteiger partial charge in [-0.15, -0.1) is 0 Å². The molecule has 0 bridgehead atoms. The number of hydrogen-bond donors (Lipinski definition) is 3. The van der Waals surface area contributed by atoms with Gasteiger partial charge in [0.25, 0.3) is 5.91 Å². The zero-order valence-corrected chi connectivity index (χ0v) is 11.6. The lowest BCUT2D eigenvalue weighted by molar-refractivity contribution is 0.102. The number of hydrazine groups is 1. The third-order valence-electron chi connectivity index (χ3n) is 2.76. The smallest absolute Gasteiger partial charge is 0.277 e. The molecule has 0 aliphatic carbocycles. The Morgan fingerprint density at radius 2 is 2.20 bits per heavy atom. The zero-order valence-electron chi connectivity index (χ0n) is 11.6. The van der Waals surface area contributed by atoms with Gasteiger partial charge in [-0.25, -0.2) is 9.97 Å². The molecule has 0 saturated heterocycles. The van der Waals surface area contributed by atoms with Crippen molar-refractivity contribution in [2.45, 2.75) is 19.8 Å². The number of aryl methyl sites for hydroxylation is 1. The van der Waals surface area contributed by atoms with Crippen LogP contribution in [-0.4, -0.2) is 25.7 Å². The quantitative estimate of drug-likeness (QED) is 0.564. The zero-order chi connectivity index (χ0) is 14.7. The van der Waals surface area contributed by atoms with Crippen LogP contribution >= 0.6 is 0 Å². The number of aromatic nitrogens is 4. The Labute approximate surface area is 116 Å². The predicted octanol–water partition coefficient (Wildman–Crippen LogP) is 0.871. The van der Waals surface area contributed by atoms with Crippen LogP contribution in [0.1, 0.15) is 36.1 Å². The van der Waals surface area contributed by atoms with Crippen LogP contribution in [0.25, 0.3) is 0 Å². The van der Waals surface area contributed by atoms with Crippen LogP contribution in [0, 0.1) is 0 Å². The van der Waals surface area contributed by atoms with Crippen LogP contribution < -0.4 is 16.6 Å². The molecule has 0 saturated carbocycles. The Bertz CT molecular complexity index is 620. The number of amides is 1. The van der Waals surface area contributed by atoms with Crippen molar-refractivity contribution in [2.24, 2.45) is 12.9 Å². The molecule has 2 heterocycles. The van der Waals surface area contributed by atoms with Gasteiger partial charge in [0.2, 0.25) is 0 Å². The molecule has 2 aromatic rings. The second-order valence-electron chi connectivity index (χ2n) is 4.58. The number of nitrogen functional groups attached to an aromatic ring is 1. The number of anilines is 2. The van der Waals surface area contributed by atoms with E-state index < -0.39 is 0 Å². The van der Waals surface area contributed by atoms with Crippen molar-refractivity contribution < 1.29 is 4.79 Å². The van der Waals surface area contributed by atoms with Crippen molar-refractivity contribution in [3.8, 4) is 0 Å². The Hall–Kier alpha value is -2.48. The molecule has 2 rings (SSSR count). The summed E-state index contributed by atoms with van der Waals surface area (Å²) in [7, 11) is 1.73. The molecule has 20 heavy (non-hydrogen) atoms. The summed E-state index contributed by atoms with van der Waals surface area (Å²) in [5.74, 6) is 6.29. The molecule has 0 spiro atoms. The van der Waals surface area contributed by atoms with E-state index in [2.05, 4.69) is 25.8 Å². The Morgan fingerprint density at radius 3 is 2.75 bits per heavy atom. The summed E-state index contributed by atoms with van der Waals surface area (Å²) in [4.78, 5) is 20.7. The molecular weight excluding hydrogens is 258 g/mol. The standard InChI is InChI=1S/C12H17N7O/c1-7(2)11-14-6-8(18-13)10(17-11)12(20)16-9-4-5-15-19(9)3/h4-7,18H,13H2,1-3H3,(H,16,20). The van der Waals surface area contributed by atoms with Gasteiger partial charge >= 0.3 is 0 Å². The van der Waals surface area contributed by atoms with Crippen molar-refractivity contribution in [1.29, 1.82) is 0 Å². The van der Waals surface area contributed by atoms with E-state index >= 15 is 0 Å². The van der Waals surface area contributed by atoms with Crippen LogP contribution in [-0.2, 0) is 7.05 Å². The fourth-order valence-electron chi connectivity index (χ4n) is 1.62. The molecule has 0 fully saturated rings. The lowest BCUT2D eigenvalue weighted by Crippen LogP contribution is -2.21. The fourth-order valence-corrected chi connectivity index (χ4v) is 1.62. The number of nitrogens with two attached hydrogens (primary N) is 1. The predicted molar refractivity (Wildman–Crippen MR) is 75.1 cm³/mol. The van der Waals surface area contributed by atoms with E-state index in [1.54, 1.807) is 24.0 Å². The maximum atomic E-state index is 12.3. The molecule has 0 aliphatic heterocycles. The molecule has 0 aromatic carbocycles. The first kappa shape index (κ1) is 13.9. The Morgan fingerprint density at radius 1 is 1.45 bits per heavy atom. The third-order valence-corrected chi connectivity index (χ3v) is 2.76. The molecule has 8 nitrogen and oxygen atoms in total. The summed E-state index contributed by atoms with van der Waals surface area (Å²) in [6.07, 6.45) is 3.09. The molecule has 0 aliphatic rings. The van der Waals surface area contributed by atoms with E-state index in [1.165, 1.54) is 6.20 Å². The Kier molecular flexibility index (Phi) is 3.94. The monoisotopic (exact) mass is 275 g/mol. The normalized spacial score (nSPS) is 10.7. The summed E-state index contributed by atoms with van der Waals surface area (Å²) in [5, 5.41) is 6.70. The van der Waals surface area contributed by atoms with Crippen LogP contribution in [0.15, 0.2) is 18.5 Å². The Balaban J connectivity index is 2.32. The summed E-state index contributed by atoms with van der Waals surface area (Å²) < 4.78 is 1.55. The number of carbonyl (C=O) groups excluding carboxylic acids is 1. The van der Waals surface area contributed by atoms with Gasteiger partial charge in [-0.3, -0.25) is 15.3 Å². The van der Waals surface area contributed by atoms with Gasteiger partial charge in [0, 0.05) is 19.0 Å². The fraction of sp³-hybridized carbons (Fsp3) is 0.333. The highest BCUT2D eigenvalue weighted by Gasteiger charge is 2.17. The first-order valence-corrected chi connectivity index (χ1v) is 6.15. The van der Waals surface area contributed by atoms with Crippen molar-refractivity contribution in [3.05, 3.63) is 30.0 Å². The minimum Gasteiger partial charge on any atom is -0.321 e. The summed E-state index contributed by atoms with van der Waals surface area (Å²) in [6, 6.07) is 1.69. The van der Waals surface area contributed by atoms with E-state index in [4.69, 9.17) is 5.84 Å². The van der Waals surface area contributed by atoms with Gasteiger partial charge in [-0.1, -0.05) is 13.8 Å². The summed E-state index contributed by atoms with van der Waals surface area (Å²) in [5.41, 5.74) is 3.00. The van der Waals surface area contributed by atoms with E-state index in [0.29, 0.717) is 17.3 Å². The van der Waals surface area contributed by atoms with Gasteiger partial charge in [0.15, 0.2) is 5.69 Å². The minimum absolute atomic E-state index is 0.116. The highest BCUT2D eigenvalue weighted by Crippen LogP contribution is 2.17. The first-order valence-electron chi connectivity index (χ1n) is 6.15. The number of rotatable bonds is 4. The lowest BCUT2D eigenvalue weighted by Gasteiger charge is -2.11. The second-order valence-corrected chi connectivity index (χ2v) is 4.58. The largest absolute Gasteiger partial charge is 0.321 e. The van der Waals surface area contributed by atoms with E-state index in [1.807, 2.05) is 13.8 Å². The van der Waals surface area contributed by atoms with Crippen LogP contribution in [0.4, 0.5) is 11.5 Å². The maximum Gasteiger partial charge on any atom is 0.277 e. The molecular formula is C12H17N7O. The van der Waals surface area contributed by atoms with E-state index in [0.717, 1.165) is 0 Å². The molecule has 0 unspecified atom stereocenters. The molecule has 2 aromatic heterocycles. The highest BCUT2D eigenvalue weighted by atomic mass is 16.2. The number of nitrogens with one attached hydrogen (secondary N) is 2. The lowest BCUT2D eigenvalue weighted by atomic mass is 10.2. The average molecular weight is 275 g/mol. The van der Waals surface area contributed by atoms with E-state index in [-0.39, 0.29) is 17.5 Å². The number of carbonyl (C=O) groups is 1. The maximum absolute atomic E-state index is 12.3. The van der Waals surface area contributed by atoms with Crippen LogP contribution in [0.5, 0.6) is 0 Å². The second kappa shape index (κ2) is 5.66. The number of nitrogens with zero attached hydrogens (tertiary/aromatic N) is 4. The van der Waals surface area contributed by atoms with Gasteiger partial charge in [-0.05, 0) is 0 Å². The molecule has 106 valence electrons. The summed E-state index contributed by atoms with van der Waals surface area (Å²) in [6.45, 7) is 3.90. The van der Waals surface area contributed by atoms with E-state index in [9.17, 15) is 4.79 Å². The van der Waals surface area contributed by atoms with Gasteiger partial charge in [-0.2, -0.15) is 5.10 Å². The highest BCUT2D eigenvalue weighted by molar-refractivity contribution is 6.05. The van der Waals surface area contributed by atoms with Crippen molar-refractivity contribution in [3.63, 3.8) is 0 Å². The van der Waals surface area contributed by atoms with Crippen molar-refractivity contribution in [2.75, 3.05) is 10.7 Å². The molecule has 0 atom stereocenters. The summed E-state index contributed by atoms with van der Waals surface area (Å²) >= 11 is 0. The SMILES string of the molecule is CC(C)c1ncc(NN)c(C(=O)Nc2ccnn2C)n1.